The Kier molecular flexibility index (Phi) is 7.46. The molecule has 5 nitrogen and oxygen atoms in total. The van der Waals surface area contributed by atoms with E-state index in [1.807, 2.05) is 36.4 Å². The number of halogens is 2. The van der Waals surface area contributed by atoms with Gasteiger partial charge in [-0.05, 0) is 30.5 Å². The molecule has 0 heterocycles. The second kappa shape index (κ2) is 9.81. The number of rotatable bonds is 7. The Hall–Kier alpha value is -2.55. The van der Waals surface area contributed by atoms with Gasteiger partial charge in [-0.15, -0.1) is 0 Å². The number of benzene rings is 2. The van der Waals surface area contributed by atoms with E-state index in [9.17, 15) is 9.59 Å². The Morgan fingerprint density at radius 1 is 1.08 bits per heavy atom. The molecule has 2 aromatic carbocycles. The van der Waals surface area contributed by atoms with Crippen LogP contribution in [0, 0.1) is 11.3 Å². The molecule has 0 aliphatic heterocycles. The van der Waals surface area contributed by atoms with Crippen molar-refractivity contribution in [1.82, 2.24) is 10.6 Å². The first-order valence-electron chi connectivity index (χ1n) is 7.96. The molecule has 1 atom stereocenters. The van der Waals surface area contributed by atoms with Crippen molar-refractivity contribution in [3.63, 3.8) is 0 Å². The molecule has 0 aliphatic rings. The minimum Gasteiger partial charge on any atom is -0.341 e. The smallest absolute Gasteiger partial charge is 0.253 e. The third kappa shape index (κ3) is 5.48. The van der Waals surface area contributed by atoms with Crippen LogP contribution in [0.4, 0.5) is 0 Å². The van der Waals surface area contributed by atoms with Gasteiger partial charge in [0.15, 0.2) is 0 Å². The van der Waals surface area contributed by atoms with Gasteiger partial charge in [-0.25, -0.2) is 0 Å². The van der Waals surface area contributed by atoms with Crippen LogP contribution in [-0.4, -0.2) is 24.4 Å². The van der Waals surface area contributed by atoms with Gasteiger partial charge in [-0.3, -0.25) is 9.59 Å². The van der Waals surface area contributed by atoms with Gasteiger partial charge in [0.25, 0.3) is 5.91 Å². The minimum absolute atomic E-state index is 0.130. The molecule has 0 unspecified atom stereocenters. The van der Waals surface area contributed by atoms with E-state index in [0.717, 1.165) is 5.56 Å². The van der Waals surface area contributed by atoms with Crippen LogP contribution < -0.4 is 10.6 Å². The number of aryl methyl sites for hydroxylation is 1. The first-order chi connectivity index (χ1) is 12.5. The minimum atomic E-state index is -0.800. The lowest BCUT2D eigenvalue weighted by Crippen LogP contribution is -2.47. The molecule has 0 aromatic heterocycles. The highest BCUT2D eigenvalue weighted by atomic mass is 35.5. The second-order valence-corrected chi connectivity index (χ2v) is 6.31. The largest absolute Gasteiger partial charge is 0.341 e. The molecule has 0 fully saturated rings. The van der Waals surface area contributed by atoms with Crippen molar-refractivity contribution in [2.45, 2.75) is 18.9 Å². The molecule has 26 heavy (non-hydrogen) atoms. The molecular weight excluding hydrogens is 373 g/mol. The van der Waals surface area contributed by atoms with Crippen LogP contribution in [0.2, 0.25) is 10.0 Å². The topological polar surface area (TPSA) is 82.0 Å². The maximum absolute atomic E-state index is 12.5. The highest BCUT2D eigenvalue weighted by molar-refractivity contribution is 6.43. The van der Waals surface area contributed by atoms with Gasteiger partial charge in [0.2, 0.25) is 5.91 Å². The molecule has 0 saturated heterocycles. The summed E-state index contributed by atoms with van der Waals surface area (Å²) in [5.41, 5.74) is 1.23. The summed E-state index contributed by atoms with van der Waals surface area (Å²) < 4.78 is 0. The van der Waals surface area contributed by atoms with Crippen LogP contribution >= 0.6 is 23.2 Å². The van der Waals surface area contributed by atoms with Gasteiger partial charge in [-0.1, -0.05) is 59.6 Å². The molecule has 7 heteroatoms. The van der Waals surface area contributed by atoms with Crippen LogP contribution in [0.25, 0.3) is 0 Å². The molecule has 134 valence electrons. The van der Waals surface area contributed by atoms with Gasteiger partial charge < -0.3 is 10.6 Å². The number of nitriles is 1. The SMILES string of the molecule is N#CCNC(=O)[C@H](CCc1ccccc1)NC(=O)c1cccc(Cl)c1Cl. The second-order valence-electron chi connectivity index (χ2n) is 5.53. The molecule has 0 saturated carbocycles. The van der Waals surface area contributed by atoms with Crippen molar-refractivity contribution in [3.05, 3.63) is 69.7 Å². The molecular formula is C19H17Cl2N3O2. The summed E-state index contributed by atoms with van der Waals surface area (Å²) >= 11 is 12.0. The molecule has 0 radical (unpaired) electrons. The number of hydrogen-bond acceptors (Lipinski definition) is 3. The lowest BCUT2D eigenvalue weighted by Gasteiger charge is -2.18. The van der Waals surface area contributed by atoms with Crippen molar-refractivity contribution in [1.29, 1.82) is 5.26 Å². The van der Waals surface area contributed by atoms with Gasteiger partial charge in [0.05, 0.1) is 21.7 Å². The molecule has 2 aromatic rings. The Balaban J connectivity index is 2.12. The van der Waals surface area contributed by atoms with Gasteiger partial charge in [0, 0.05) is 0 Å². The van der Waals surface area contributed by atoms with E-state index < -0.39 is 17.9 Å². The Bertz CT molecular complexity index is 819. The van der Waals surface area contributed by atoms with Gasteiger partial charge in [0.1, 0.15) is 12.6 Å². The van der Waals surface area contributed by atoms with Gasteiger partial charge in [-0.2, -0.15) is 5.26 Å². The molecule has 0 spiro atoms. The van der Waals surface area contributed by atoms with E-state index in [4.69, 9.17) is 28.5 Å². The third-order valence-electron chi connectivity index (χ3n) is 3.72. The lowest BCUT2D eigenvalue weighted by molar-refractivity contribution is -0.122. The summed E-state index contributed by atoms with van der Waals surface area (Å²) in [5.74, 6) is -0.920. The average Bonchev–Trinajstić information content (AvgIpc) is 2.66. The van der Waals surface area contributed by atoms with Crippen molar-refractivity contribution in [2.75, 3.05) is 6.54 Å². The quantitative estimate of drug-likeness (QED) is 0.712. The fourth-order valence-electron chi connectivity index (χ4n) is 2.39. The van der Waals surface area contributed by atoms with Crippen molar-refractivity contribution in [2.24, 2.45) is 0 Å². The number of hydrogen-bond donors (Lipinski definition) is 2. The van der Waals surface area contributed by atoms with Crippen LogP contribution in [0.5, 0.6) is 0 Å². The highest BCUT2D eigenvalue weighted by Gasteiger charge is 2.22. The van der Waals surface area contributed by atoms with E-state index in [2.05, 4.69) is 10.6 Å². The first kappa shape index (κ1) is 19.8. The summed E-state index contributed by atoms with van der Waals surface area (Å²) in [7, 11) is 0. The van der Waals surface area contributed by atoms with E-state index in [0.29, 0.717) is 12.8 Å². The Morgan fingerprint density at radius 3 is 2.50 bits per heavy atom. The maximum Gasteiger partial charge on any atom is 0.253 e. The fourth-order valence-corrected chi connectivity index (χ4v) is 2.78. The lowest BCUT2D eigenvalue weighted by atomic mass is 10.0. The number of nitrogens with one attached hydrogen (secondary N) is 2. The fraction of sp³-hybridized carbons (Fsp3) is 0.211. The zero-order chi connectivity index (χ0) is 18.9. The zero-order valence-electron chi connectivity index (χ0n) is 13.8. The van der Waals surface area contributed by atoms with Crippen LogP contribution in [-0.2, 0) is 11.2 Å². The standard InChI is InChI=1S/C19H17Cl2N3O2/c20-15-8-4-7-14(17(15)21)18(25)24-16(19(26)23-12-11-22)10-9-13-5-2-1-3-6-13/h1-8,16H,9-10,12H2,(H,23,26)(H,24,25)/t16-/m0/s1. The zero-order valence-corrected chi connectivity index (χ0v) is 15.3. The van der Waals surface area contributed by atoms with E-state index in [1.165, 1.54) is 6.07 Å². The first-order valence-corrected chi connectivity index (χ1v) is 8.72. The van der Waals surface area contributed by atoms with Crippen molar-refractivity contribution < 1.29 is 9.59 Å². The Morgan fingerprint density at radius 2 is 1.81 bits per heavy atom. The molecule has 0 aliphatic carbocycles. The predicted molar refractivity (Wildman–Crippen MR) is 101 cm³/mol. The van der Waals surface area contributed by atoms with Crippen molar-refractivity contribution >= 4 is 35.0 Å². The summed E-state index contributed by atoms with van der Waals surface area (Å²) in [6, 6.07) is 15.4. The normalized spacial score (nSPS) is 11.3. The average molecular weight is 390 g/mol. The number of carbonyl (C=O) groups is 2. The number of carbonyl (C=O) groups excluding carboxylic acids is 2. The van der Waals surface area contributed by atoms with Crippen LogP contribution in [0.3, 0.4) is 0 Å². The monoisotopic (exact) mass is 389 g/mol. The number of nitrogens with zero attached hydrogens (tertiary/aromatic N) is 1. The highest BCUT2D eigenvalue weighted by Crippen LogP contribution is 2.25. The van der Waals surface area contributed by atoms with E-state index in [-0.39, 0.29) is 22.2 Å². The van der Waals surface area contributed by atoms with E-state index in [1.54, 1.807) is 12.1 Å². The molecule has 2 amide bonds. The summed E-state index contributed by atoms with van der Waals surface area (Å²) in [5, 5.41) is 14.2. The van der Waals surface area contributed by atoms with Crippen molar-refractivity contribution in [3.8, 4) is 6.07 Å². The summed E-state index contributed by atoms with van der Waals surface area (Å²) in [6.07, 6.45) is 0.972. The molecule has 0 bridgehead atoms. The Labute approximate surface area is 161 Å². The molecule has 2 rings (SSSR count). The number of amides is 2. The van der Waals surface area contributed by atoms with Crippen LogP contribution in [0.15, 0.2) is 48.5 Å². The third-order valence-corrected chi connectivity index (χ3v) is 4.54. The summed E-state index contributed by atoms with van der Waals surface area (Å²) in [4.78, 5) is 24.8. The molecule has 2 N–H and O–H groups in total. The maximum atomic E-state index is 12.5. The van der Waals surface area contributed by atoms with E-state index >= 15 is 0 Å². The van der Waals surface area contributed by atoms with Crippen LogP contribution in [0.1, 0.15) is 22.3 Å². The summed E-state index contributed by atoms with van der Waals surface area (Å²) in [6.45, 7) is -0.130. The van der Waals surface area contributed by atoms with Gasteiger partial charge >= 0.3 is 0 Å². The predicted octanol–water partition coefficient (Wildman–Crippen LogP) is 3.36.